The number of rotatable bonds is 3. The fourth-order valence-corrected chi connectivity index (χ4v) is 3.91. The first kappa shape index (κ1) is 17.3. The highest BCUT2D eigenvalue weighted by Crippen LogP contribution is 2.47. The maximum absolute atomic E-state index is 12.3. The molecule has 0 radical (unpaired) electrons. The number of hydrogen-bond acceptors (Lipinski definition) is 4. The maximum atomic E-state index is 12.3. The van der Waals surface area contributed by atoms with Crippen molar-refractivity contribution in [2.24, 2.45) is 11.7 Å². The highest BCUT2D eigenvalue weighted by molar-refractivity contribution is 5.38. The number of hydroxylamine groups is 1. The Morgan fingerprint density at radius 1 is 1.15 bits per heavy atom. The van der Waals surface area contributed by atoms with Crippen LogP contribution in [0.5, 0.6) is 5.75 Å². The van der Waals surface area contributed by atoms with Gasteiger partial charge in [0.05, 0.1) is 6.04 Å². The van der Waals surface area contributed by atoms with Crippen molar-refractivity contribution in [3.8, 4) is 5.75 Å². The molecule has 1 heterocycles. The van der Waals surface area contributed by atoms with Crippen LogP contribution in [0.1, 0.15) is 40.8 Å². The number of halogens is 3. The molecule has 3 N–H and O–H groups in total. The Morgan fingerprint density at radius 2 is 1.92 bits per heavy atom. The molecule has 7 heteroatoms. The number of aryl methyl sites for hydroxylation is 1. The first-order valence-corrected chi connectivity index (χ1v) is 8.53. The Bertz CT molecular complexity index is 792. The minimum Gasteiger partial charge on any atom is -0.406 e. The third-order valence-electron chi connectivity index (χ3n) is 5.11. The molecule has 0 spiro atoms. The van der Waals surface area contributed by atoms with Crippen LogP contribution in [0.15, 0.2) is 42.5 Å². The van der Waals surface area contributed by atoms with Gasteiger partial charge in [-0.15, -0.1) is 13.2 Å². The van der Waals surface area contributed by atoms with E-state index in [2.05, 4.69) is 22.3 Å². The second kappa shape index (κ2) is 6.57. The molecule has 26 heavy (non-hydrogen) atoms. The lowest BCUT2D eigenvalue weighted by Gasteiger charge is -2.29. The van der Waals surface area contributed by atoms with E-state index in [1.807, 2.05) is 6.07 Å². The number of nitrogens with one attached hydrogen (secondary N) is 1. The SMILES string of the molecule is NCc1ccc2c(c1)CCC1C2NOC1c1ccc(OC(F)(F)F)cc1. The predicted molar refractivity (Wildman–Crippen MR) is 89.0 cm³/mol. The molecule has 0 bridgehead atoms. The summed E-state index contributed by atoms with van der Waals surface area (Å²) < 4.78 is 40.8. The molecular weight excluding hydrogens is 345 g/mol. The van der Waals surface area contributed by atoms with Gasteiger partial charge in [0.25, 0.3) is 0 Å². The number of hydrogen-bond donors (Lipinski definition) is 2. The van der Waals surface area contributed by atoms with Gasteiger partial charge in [0, 0.05) is 12.5 Å². The van der Waals surface area contributed by atoms with E-state index in [1.54, 1.807) is 12.1 Å². The van der Waals surface area contributed by atoms with Crippen LogP contribution in [0.2, 0.25) is 0 Å². The zero-order chi connectivity index (χ0) is 18.3. The van der Waals surface area contributed by atoms with E-state index in [9.17, 15) is 13.2 Å². The molecule has 4 rings (SSSR count). The third-order valence-corrected chi connectivity index (χ3v) is 5.11. The maximum Gasteiger partial charge on any atom is 0.573 e. The van der Waals surface area contributed by atoms with E-state index in [1.165, 1.54) is 23.3 Å². The number of benzene rings is 2. The number of fused-ring (bicyclic) bond motifs is 3. The lowest BCUT2D eigenvalue weighted by Crippen LogP contribution is -2.24. The summed E-state index contributed by atoms with van der Waals surface area (Å²) in [6.07, 6.45) is -3.03. The van der Waals surface area contributed by atoms with Crippen molar-refractivity contribution in [3.63, 3.8) is 0 Å². The summed E-state index contributed by atoms with van der Waals surface area (Å²) >= 11 is 0. The highest BCUT2D eigenvalue weighted by Gasteiger charge is 2.42. The molecular formula is C19H19F3N2O2. The minimum absolute atomic E-state index is 0.0710. The van der Waals surface area contributed by atoms with Gasteiger partial charge >= 0.3 is 6.36 Å². The molecule has 2 aliphatic rings. The van der Waals surface area contributed by atoms with Crippen molar-refractivity contribution in [2.75, 3.05) is 0 Å². The Hall–Kier alpha value is -2.09. The van der Waals surface area contributed by atoms with Gasteiger partial charge in [-0.1, -0.05) is 30.3 Å². The summed E-state index contributed by atoms with van der Waals surface area (Å²) in [5, 5.41) is 0. The van der Waals surface area contributed by atoms with Crippen molar-refractivity contribution in [2.45, 2.75) is 37.9 Å². The zero-order valence-corrected chi connectivity index (χ0v) is 13.9. The minimum atomic E-state index is -4.69. The Morgan fingerprint density at radius 3 is 2.62 bits per heavy atom. The molecule has 1 aliphatic carbocycles. The molecule has 138 valence electrons. The van der Waals surface area contributed by atoms with Crippen LogP contribution in [-0.2, 0) is 17.8 Å². The van der Waals surface area contributed by atoms with E-state index < -0.39 is 6.36 Å². The summed E-state index contributed by atoms with van der Waals surface area (Å²) in [5.74, 6) is -0.00679. The van der Waals surface area contributed by atoms with E-state index >= 15 is 0 Å². The Balaban J connectivity index is 1.54. The van der Waals surface area contributed by atoms with Gasteiger partial charge in [-0.3, -0.25) is 4.84 Å². The molecule has 0 aromatic heterocycles. The van der Waals surface area contributed by atoms with E-state index in [4.69, 9.17) is 10.6 Å². The monoisotopic (exact) mass is 364 g/mol. The zero-order valence-electron chi connectivity index (χ0n) is 13.9. The molecule has 0 saturated carbocycles. The number of ether oxygens (including phenoxy) is 1. The summed E-state index contributed by atoms with van der Waals surface area (Å²) in [4.78, 5) is 5.80. The summed E-state index contributed by atoms with van der Waals surface area (Å²) in [6, 6.07) is 12.2. The largest absolute Gasteiger partial charge is 0.573 e. The second-order valence-electron chi connectivity index (χ2n) is 6.69. The lowest BCUT2D eigenvalue weighted by molar-refractivity contribution is -0.274. The van der Waals surface area contributed by atoms with Crippen LogP contribution in [0.4, 0.5) is 13.2 Å². The normalized spacial score (nSPS) is 24.8. The number of alkyl halides is 3. The standard InChI is InChI=1S/C19H19F3N2O2/c20-19(21,22)25-14-5-2-12(3-6-14)18-16-8-4-13-9-11(10-23)1-7-15(13)17(16)24-26-18/h1-3,5-7,9,16-18,24H,4,8,10,23H2. The van der Waals surface area contributed by atoms with E-state index in [-0.39, 0.29) is 23.8 Å². The van der Waals surface area contributed by atoms with Crippen LogP contribution in [-0.4, -0.2) is 6.36 Å². The third kappa shape index (κ3) is 3.30. The molecule has 1 saturated heterocycles. The molecule has 2 aromatic rings. The molecule has 1 fully saturated rings. The molecule has 3 unspecified atom stereocenters. The molecule has 2 aromatic carbocycles. The van der Waals surface area contributed by atoms with E-state index in [0.29, 0.717) is 6.54 Å². The van der Waals surface area contributed by atoms with Crippen molar-refractivity contribution < 1.29 is 22.7 Å². The van der Waals surface area contributed by atoms with Crippen molar-refractivity contribution in [3.05, 3.63) is 64.7 Å². The second-order valence-corrected chi connectivity index (χ2v) is 6.69. The van der Waals surface area contributed by atoms with Crippen molar-refractivity contribution in [1.82, 2.24) is 5.48 Å². The van der Waals surface area contributed by atoms with Gasteiger partial charge in [-0.05, 0) is 47.2 Å². The van der Waals surface area contributed by atoms with Gasteiger partial charge in [0.15, 0.2) is 0 Å². The smallest absolute Gasteiger partial charge is 0.406 e. The fourth-order valence-electron chi connectivity index (χ4n) is 3.91. The summed E-state index contributed by atoms with van der Waals surface area (Å²) in [7, 11) is 0. The average Bonchev–Trinajstić information content (AvgIpc) is 3.05. The Labute approximate surface area is 149 Å². The van der Waals surface area contributed by atoms with Crippen molar-refractivity contribution in [1.29, 1.82) is 0 Å². The summed E-state index contributed by atoms with van der Waals surface area (Å²) in [6.45, 7) is 0.514. The topological polar surface area (TPSA) is 56.5 Å². The average molecular weight is 364 g/mol. The molecule has 1 aliphatic heterocycles. The first-order chi connectivity index (χ1) is 12.4. The molecule has 0 amide bonds. The van der Waals surface area contributed by atoms with Crippen LogP contribution < -0.4 is 16.0 Å². The lowest BCUT2D eigenvalue weighted by atomic mass is 9.76. The van der Waals surface area contributed by atoms with Gasteiger partial charge < -0.3 is 10.5 Å². The number of nitrogens with two attached hydrogens (primary N) is 1. The summed E-state index contributed by atoms with van der Waals surface area (Å²) in [5.41, 5.74) is 13.3. The van der Waals surface area contributed by atoms with Gasteiger partial charge in [0.1, 0.15) is 11.9 Å². The molecule has 3 atom stereocenters. The Kier molecular flexibility index (Phi) is 4.38. The van der Waals surface area contributed by atoms with Crippen LogP contribution >= 0.6 is 0 Å². The van der Waals surface area contributed by atoms with Gasteiger partial charge in [-0.25, -0.2) is 0 Å². The van der Waals surface area contributed by atoms with Crippen LogP contribution in [0.3, 0.4) is 0 Å². The van der Waals surface area contributed by atoms with Crippen molar-refractivity contribution >= 4 is 0 Å². The quantitative estimate of drug-likeness (QED) is 0.867. The van der Waals surface area contributed by atoms with Gasteiger partial charge in [-0.2, -0.15) is 5.48 Å². The highest BCUT2D eigenvalue weighted by atomic mass is 19.4. The first-order valence-electron chi connectivity index (χ1n) is 8.53. The van der Waals surface area contributed by atoms with E-state index in [0.717, 1.165) is 24.0 Å². The predicted octanol–water partition coefficient (Wildman–Crippen LogP) is 3.92. The molecule has 4 nitrogen and oxygen atoms in total. The van der Waals surface area contributed by atoms with Crippen LogP contribution in [0, 0.1) is 5.92 Å². The fraction of sp³-hybridized carbons (Fsp3) is 0.368. The van der Waals surface area contributed by atoms with Gasteiger partial charge in [0.2, 0.25) is 0 Å². The van der Waals surface area contributed by atoms with Crippen LogP contribution in [0.25, 0.3) is 0 Å².